The van der Waals surface area contributed by atoms with Crippen LogP contribution in [-0.2, 0) is 12.8 Å². The third-order valence-electron chi connectivity index (χ3n) is 3.49. The van der Waals surface area contributed by atoms with Crippen molar-refractivity contribution in [2.45, 2.75) is 66.2 Å². The van der Waals surface area contributed by atoms with E-state index >= 15 is 0 Å². The minimum Gasteiger partial charge on any atom is -0.369 e. The summed E-state index contributed by atoms with van der Waals surface area (Å²) in [4.78, 5) is 2.37. The Morgan fingerprint density at radius 2 is 1.26 bits per heavy atom. The fraction of sp³-hybridized carbons (Fsp3) is 0.800. The molecule has 1 heterocycles. The van der Waals surface area contributed by atoms with E-state index in [0.717, 1.165) is 37.3 Å². The molecule has 0 N–H and O–H groups in total. The molecule has 4 heteroatoms. The van der Waals surface area contributed by atoms with Gasteiger partial charge in [-0.3, -0.25) is 0 Å². The normalized spacial score (nSPS) is 10.7. The second-order valence-electron chi connectivity index (χ2n) is 4.91. The molecule has 0 aromatic carbocycles. The first kappa shape index (κ1) is 15.9. The molecule has 4 nitrogen and oxygen atoms in total. The fourth-order valence-electron chi connectivity index (χ4n) is 2.32. The maximum absolute atomic E-state index is 4.30. The highest BCUT2D eigenvalue weighted by Gasteiger charge is 2.16. The van der Waals surface area contributed by atoms with Crippen LogP contribution >= 0.6 is 0 Å². The molecule has 0 radical (unpaired) electrons. The summed E-state index contributed by atoms with van der Waals surface area (Å²) in [5.41, 5.74) is 3.51. The molecule has 0 bridgehead atoms. The van der Waals surface area contributed by atoms with Crippen molar-refractivity contribution in [3.8, 4) is 0 Å². The van der Waals surface area contributed by atoms with Crippen LogP contribution in [0.5, 0.6) is 0 Å². The van der Waals surface area contributed by atoms with Crippen molar-refractivity contribution < 1.29 is 0 Å². The number of anilines is 1. The van der Waals surface area contributed by atoms with Crippen LogP contribution in [0.25, 0.3) is 0 Å². The lowest BCUT2D eigenvalue weighted by molar-refractivity contribution is 0.681. The average Bonchev–Trinajstić information content (AvgIpc) is 2.45. The van der Waals surface area contributed by atoms with Crippen LogP contribution in [0.1, 0.15) is 64.8 Å². The van der Waals surface area contributed by atoms with E-state index in [0.29, 0.717) is 0 Å². The highest BCUT2D eigenvalue weighted by molar-refractivity contribution is 5.54. The lowest BCUT2D eigenvalue weighted by Crippen LogP contribution is -2.26. The van der Waals surface area contributed by atoms with Crippen molar-refractivity contribution in [3.05, 3.63) is 11.4 Å². The van der Waals surface area contributed by atoms with Crippen LogP contribution in [0.2, 0.25) is 0 Å². The molecule has 0 aliphatic carbocycles. The van der Waals surface area contributed by atoms with E-state index in [4.69, 9.17) is 0 Å². The van der Waals surface area contributed by atoms with Crippen LogP contribution in [0.3, 0.4) is 0 Å². The van der Waals surface area contributed by atoms with Gasteiger partial charge in [-0.1, -0.05) is 26.7 Å². The molecule has 1 aromatic rings. The molecule has 0 fully saturated rings. The molecule has 0 unspecified atom stereocenters. The van der Waals surface area contributed by atoms with Gasteiger partial charge in [0, 0.05) is 13.1 Å². The number of rotatable bonds is 9. The van der Waals surface area contributed by atoms with Crippen molar-refractivity contribution in [1.82, 2.24) is 15.4 Å². The minimum absolute atomic E-state index is 1.00. The van der Waals surface area contributed by atoms with Crippen molar-refractivity contribution in [2.75, 3.05) is 18.0 Å². The molecule has 1 rings (SSSR count). The zero-order valence-electron chi connectivity index (χ0n) is 12.9. The van der Waals surface area contributed by atoms with Gasteiger partial charge in [-0.2, -0.15) is 0 Å². The van der Waals surface area contributed by atoms with Crippen LogP contribution in [-0.4, -0.2) is 28.5 Å². The summed E-state index contributed by atoms with van der Waals surface area (Å²) < 4.78 is 0. The SMILES string of the molecule is CCCCc1nnnc(CCCC)c1N(CC)CC. The number of nitrogens with zero attached hydrogens (tertiary/aromatic N) is 4. The Bertz CT molecular complexity index is 335. The van der Waals surface area contributed by atoms with Crippen molar-refractivity contribution >= 4 is 5.69 Å². The quantitative estimate of drug-likeness (QED) is 0.685. The molecular weight excluding hydrogens is 236 g/mol. The summed E-state index contributed by atoms with van der Waals surface area (Å²) in [5, 5.41) is 12.6. The molecule has 0 amide bonds. The van der Waals surface area contributed by atoms with Gasteiger partial charge in [0.1, 0.15) is 0 Å². The molecule has 0 aliphatic heterocycles. The first-order valence-electron chi connectivity index (χ1n) is 7.74. The Morgan fingerprint density at radius 1 is 0.789 bits per heavy atom. The number of unbranched alkanes of at least 4 members (excludes halogenated alkanes) is 2. The van der Waals surface area contributed by atoms with E-state index in [9.17, 15) is 0 Å². The fourth-order valence-corrected chi connectivity index (χ4v) is 2.32. The average molecular weight is 264 g/mol. The second-order valence-corrected chi connectivity index (χ2v) is 4.91. The van der Waals surface area contributed by atoms with Crippen LogP contribution < -0.4 is 4.90 Å². The summed E-state index contributed by atoms with van der Waals surface area (Å²) in [5.74, 6) is 0. The molecule has 0 saturated heterocycles. The summed E-state index contributed by atoms with van der Waals surface area (Å²) >= 11 is 0. The lowest BCUT2D eigenvalue weighted by Gasteiger charge is -2.25. The molecule has 0 spiro atoms. The Labute approximate surface area is 117 Å². The predicted molar refractivity (Wildman–Crippen MR) is 80.6 cm³/mol. The van der Waals surface area contributed by atoms with Gasteiger partial charge >= 0.3 is 0 Å². The zero-order valence-corrected chi connectivity index (χ0v) is 12.9. The number of hydrogen-bond acceptors (Lipinski definition) is 4. The summed E-state index contributed by atoms with van der Waals surface area (Å²) in [6.07, 6.45) is 6.73. The highest BCUT2D eigenvalue weighted by atomic mass is 15.3. The summed E-state index contributed by atoms with van der Waals surface area (Å²) in [6, 6.07) is 0. The van der Waals surface area contributed by atoms with Crippen LogP contribution in [0.4, 0.5) is 5.69 Å². The number of aromatic nitrogens is 3. The van der Waals surface area contributed by atoms with E-state index in [1.165, 1.54) is 31.4 Å². The summed E-state index contributed by atoms with van der Waals surface area (Å²) in [6.45, 7) is 10.8. The molecule has 0 aliphatic rings. The van der Waals surface area contributed by atoms with E-state index in [-0.39, 0.29) is 0 Å². The maximum atomic E-state index is 4.30. The van der Waals surface area contributed by atoms with Crippen LogP contribution in [0.15, 0.2) is 0 Å². The monoisotopic (exact) mass is 264 g/mol. The number of aryl methyl sites for hydroxylation is 2. The van der Waals surface area contributed by atoms with E-state index in [2.05, 4.69) is 48.0 Å². The predicted octanol–water partition coefficient (Wildman–Crippen LogP) is 3.40. The van der Waals surface area contributed by atoms with Crippen LogP contribution in [0, 0.1) is 0 Å². The highest BCUT2D eigenvalue weighted by Crippen LogP contribution is 2.24. The van der Waals surface area contributed by atoms with E-state index in [1.54, 1.807) is 0 Å². The Hall–Kier alpha value is -1.19. The Morgan fingerprint density at radius 3 is 1.63 bits per heavy atom. The number of hydrogen-bond donors (Lipinski definition) is 0. The zero-order chi connectivity index (χ0) is 14.1. The van der Waals surface area contributed by atoms with Gasteiger partial charge in [0.15, 0.2) is 0 Å². The van der Waals surface area contributed by atoms with E-state index < -0.39 is 0 Å². The first-order chi connectivity index (χ1) is 9.28. The van der Waals surface area contributed by atoms with Gasteiger partial charge < -0.3 is 4.90 Å². The standard InChI is InChI=1S/C15H28N4/c1-5-9-11-13-15(19(7-3)8-4)14(12-10-6-2)17-18-16-13/h5-12H2,1-4H3. The van der Waals surface area contributed by atoms with Crippen molar-refractivity contribution in [3.63, 3.8) is 0 Å². The molecule has 1 aromatic heterocycles. The molecule has 19 heavy (non-hydrogen) atoms. The Balaban J connectivity index is 3.07. The van der Waals surface area contributed by atoms with Gasteiger partial charge in [0.05, 0.1) is 17.1 Å². The third-order valence-corrected chi connectivity index (χ3v) is 3.49. The topological polar surface area (TPSA) is 41.9 Å². The van der Waals surface area contributed by atoms with Gasteiger partial charge in [0.2, 0.25) is 0 Å². The lowest BCUT2D eigenvalue weighted by atomic mass is 10.1. The maximum Gasteiger partial charge on any atom is 0.0901 e. The Kier molecular flexibility index (Phi) is 7.38. The third kappa shape index (κ3) is 4.44. The largest absolute Gasteiger partial charge is 0.369 e. The van der Waals surface area contributed by atoms with Gasteiger partial charge in [-0.25, -0.2) is 0 Å². The van der Waals surface area contributed by atoms with Gasteiger partial charge in [-0.15, -0.1) is 10.2 Å². The molecule has 0 saturated carbocycles. The summed E-state index contributed by atoms with van der Waals surface area (Å²) in [7, 11) is 0. The molecule has 0 atom stereocenters. The molecule has 108 valence electrons. The van der Waals surface area contributed by atoms with Crippen molar-refractivity contribution in [1.29, 1.82) is 0 Å². The van der Waals surface area contributed by atoms with E-state index in [1.807, 2.05) is 0 Å². The first-order valence-corrected chi connectivity index (χ1v) is 7.74. The minimum atomic E-state index is 1.00. The smallest absolute Gasteiger partial charge is 0.0901 e. The molecular formula is C15H28N4. The second kappa shape index (κ2) is 8.83. The van der Waals surface area contributed by atoms with Crippen molar-refractivity contribution in [2.24, 2.45) is 0 Å². The van der Waals surface area contributed by atoms with Gasteiger partial charge in [0.25, 0.3) is 0 Å². The van der Waals surface area contributed by atoms with Gasteiger partial charge in [-0.05, 0) is 44.7 Å².